The van der Waals surface area contributed by atoms with E-state index in [9.17, 15) is 38.4 Å². The van der Waals surface area contributed by atoms with Gasteiger partial charge in [0.15, 0.2) is 23.7 Å². The molecule has 0 saturated heterocycles. The topological polar surface area (TPSA) is 254 Å². The summed E-state index contributed by atoms with van der Waals surface area (Å²) in [4.78, 5) is 59.4. The van der Waals surface area contributed by atoms with Crippen molar-refractivity contribution in [1.29, 1.82) is 0 Å². The number of aryl methyl sites for hydroxylation is 1. The summed E-state index contributed by atoms with van der Waals surface area (Å²) >= 11 is 0. The first kappa shape index (κ1) is 25.6. The standard InChI is InChI=1S/C11H17N2O15P3/c1-12-3-5(10(16)13(2)11(12)17)9-8(15)7(14)6(26-9)4-25-30(21,22)28-31(23,24)27-29(18,19)20/h3,8-9,14-15H,4H2,1-2H3,(H,21,22)(H,23,24)(H2,18,19,20)/t8?,9-/m0/s1. The minimum absolute atomic E-state index is 0.267. The Morgan fingerprint density at radius 2 is 1.65 bits per heavy atom. The van der Waals surface area contributed by atoms with Crippen molar-refractivity contribution >= 4 is 23.5 Å². The Morgan fingerprint density at radius 3 is 2.19 bits per heavy atom. The fraction of sp³-hybridized carbons (Fsp3) is 0.455. The number of aliphatic hydroxyl groups excluding tert-OH is 2. The van der Waals surface area contributed by atoms with Crippen molar-refractivity contribution in [2.45, 2.75) is 12.2 Å². The molecule has 1 aromatic rings. The van der Waals surface area contributed by atoms with Crippen LogP contribution in [0.2, 0.25) is 0 Å². The van der Waals surface area contributed by atoms with Gasteiger partial charge in [0.25, 0.3) is 5.56 Å². The molecule has 1 aliphatic rings. The number of aliphatic hydroxyl groups is 2. The summed E-state index contributed by atoms with van der Waals surface area (Å²) in [7, 11) is -14.4. The van der Waals surface area contributed by atoms with E-state index >= 15 is 0 Å². The van der Waals surface area contributed by atoms with Crippen molar-refractivity contribution in [2.75, 3.05) is 6.61 Å². The molecule has 6 N–H and O–H groups in total. The first-order chi connectivity index (χ1) is 13.9. The largest absolute Gasteiger partial charge is 0.506 e. The van der Waals surface area contributed by atoms with Gasteiger partial charge in [-0.3, -0.25) is 13.9 Å². The van der Waals surface area contributed by atoms with Crippen LogP contribution in [0.15, 0.2) is 27.3 Å². The summed E-state index contributed by atoms with van der Waals surface area (Å²) in [6.45, 7) is -1.16. The van der Waals surface area contributed by atoms with Crippen LogP contribution < -0.4 is 11.2 Å². The lowest BCUT2D eigenvalue weighted by atomic mass is 10.1. The van der Waals surface area contributed by atoms with Gasteiger partial charge in [0, 0.05) is 20.3 Å². The number of rotatable bonds is 8. The Balaban J connectivity index is 2.17. The van der Waals surface area contributed by atoms with Crippen LogP contribution in [0.4, 0.5) is 0 Å². The maximum Gasteiger partial charge on any atom is 0.490 e. The Morgan fingerprint density at radius 1 is 1.06 bits per heavy atom. The Kier molecular flexibility index (Phi) is 7.22. The van der Waals surface area contributed by atoms with Crippen molar-refractivity contribution in [1.82, 2.24) is 9.13 Å². The molecule has 0 amide bonds. The van der Waals surface area contributed by atoms with Crippen LogP contribution >= 0.6 is 23.5 Å². The van der Waals surface area contributed by atoms with Crippen molar-refractivity contribution in [3.8, 4) is 0 Å². The van der Waals surface area contributed by atoms with Gasteiger partial charge in [-0.2, -0.15) is 8.62 Å². The fourth-order valence-electron chi connectivity index (χ4n) is 2.40. The zero-order chi connectivity index (χ0) is 23.9. The van der Waals surface area contributed by atoms with Gasteiger partial charge in [-0.05, 0) is 0 Å². The smallest absolute Gasteiger partial charge is 0.490 e. The average Bonchev–Trinajstić information content (AvgIpc) is 2.86. The molecule has 17 nitrogen and oxygen atoms in total. The van der Waals surface area contributed by atoms with E-state index in [1.54, 1.807) is 0 Å². The predicted molar refractivity (Wildman–Crippen MR) is 96.2 cm³/mol. The molecule has 1 aromatic heterocycles. The lowest BCUT2D eigenvalue weighted by molar-refractivity contribution is 0.0304. The average molecular weight is 510 g/mol. The second-order valence-electron chi connectivity index (χ2n) is 6.00. The molecule has 20 heteroatoms. The van der Waals surface area contributed by atoms with E-state index in [1.807, 2.05) is 0 Å². The highest BCUT2D eigenvalue weighted by Crippen LogP contribution is 2.66. The maximum absolute atomic E-state index is 12.3. The summed E-state index contributed by atoms with van der Waals surface area (Å²) in [5, 5.41) is 20.1. The van der Waals surface area contributed by atoms with Gasteiger partial charge >= 0.3 is 29.2 Å². The Hall–Kier alpha value is -1.61. The van der Waals surface area contributed by atoms with E-state index in [-0.39, 0.29) is 5.56 Å². The Bertz CT molecular complexity index is 1160. The number of phosphoric acid groups is 3. The van der Waals surface area contributed by atoms with Crippen LogP contribution in [0.3, 0.4) is 0 Å². The van der Waals surface area contributed by atoms with E-state index in [0.29, 0.717) is 4.57 Å². The van der Waals surface area contributed by atoms with Gasteiger partial charge in [-0.25, -0.2) is 18.5 Å². The fourth-order valence-corrected chi connectivity index (χ4v) is 5.38. The minimum Gasteiger partial charge on any atom is -0.506 e. The molecule has 3 unspecified atom stereocenters. The van der Waals surface area contributed by atoms with E-state index < -0.39 is 65.1 Å². The van der Waals surface area contributed by atoms with Crippen molar-refractivity contribution in [2.24, 2.45) is 14.1 Å². The number of hydrogen-bond donors (Lipinski definition) is 6. The second-order valence-corrected chi connectivity index (χ2v) is 10.4. The molecule has 1 aliphatic heterocycles. The SMILES string of the molecule is Cn1cc([C@@H]2OC(COP(=O)(O)OP(=O)(O)OP(=O)(O)O)=C(O)C2O)c(=O)n(C)c1=O. The van der Waals surface area contributed by atoms with E-state index in [4.69, 9.17) is 19.4 Å². The van der Waals surface area contributed by atoms with Gasteiger partial charge in [0.05, 0.1) is 5.56 Å². The van der Waals surface area contributed by atoms with E-state index in [2.05, 4.69) is 13.1 Å². The molecule has 31 heavy (non-hydrogen) atoms. The quantitative estimate of drug-likeness (QED) is 0.221. The number of aromatic nitrogens is 2. The summed E-state index contributed by atoms with van der Waals surface area (Å²) < 4.78 is 51.8. The number of hydrogen-bond acceptors (Lipinski definition) is 11. The maximum atomic E-state index is 12.3. The highest BCUT2D eigenvalue weighted by atomic mass is 31.3. The third-order valence-electron chi connectivity index (χ3n) is 3.68. The van der Waals surface area contributed by atoms with Crippen LogP contribution in [-0.4, -0.2) is 51.6 Å². The summed E-state index contributed by atoms with van der Waals surface area (Å²) in [5.41, 5.74) is -1.82. The van der Waals surface area contributed by atoms with Gasteiger partial charge < -0.3 is 39.1 Å². The molecule has 4 atom stereocenters. The van der Waals surface area contributed by atoms with Crippen LogP contribution in [0.5, 0.6) is 0 Å². The lowest BCUT2D eigenvalue weighted by Gasteiger charge is -2.18. The third-order valence-corrected chi connectivity index (χ3v) is 7.46. The number of nitrogens with zero attached hydrogens (tertiary/aromatic N) is 2. The van der Waals surface area contributed by atoms with E-state index in [0.717, 1.165) is 17.8 Å². The first-order valence-electron chi connectivity index (χ1n) is 7.76. The lowest BCUT2D eigenvalue weighted by Crippen LogP contribution is -2.40. The van der Waals surface area contributed by atoms with Crippen LogP contribution in [0.1, 0.15) is 11.7 Å². The van der Waals surface area contributed by atoms with Gasteiger partial charge in [0.2, 0.25) is 0 Å². The number of phosphoric ester groups is 1. The molecule has 0 aromatic carbocycles. The Labute approximate surface area is 171 Å². The molecular formula is C11H17N2O15P3. The van der Waals surface area contributed by atoms with Gasteiger partial charge in [0.1, 0.15) is 6.61 Å². The molecule has 0 saturated carbocycles. The summed E-state index contributed by atoms with van der Waals surface area (Å²) in [5.74, 6) is -1.62. The monoisotopic (exact) mass is 510 g/mol. The van der Waals surface area contributed by atoms with Gasteiger partial charge in [-0.15, -0.1) is 0 Å². The highest BCUT2D eigenvalue weighted by molar-refractivity contribution is 7.66. The van der Waals surface area contributed by atoms with Crippen LogP contribution in [0.25, 0.3) is 0 Å². The molecule has 2 rings (SSSR count). The molecule has 176 valence electrons. The zero-order valence-electron chi connectivity index (χ0n) is 15.5. The molecule has 0 spiro atoms. The second kappa shape index (κ2) is 8.73. The summed E-state index contributed by atoms with van der Waals surface area (Å²) in [6, 6.07) is 0. The third kappa shape index (κ3) is 6.22. The summed E-state index contributed by atoms with van der Waals surface area (Å²) in [6.07, 6.45) is -2.37. The molecule has 2 heterocycles. The van der Waals surface area contributed by atoms with E-state index in [1.165, 1.54) is 7.05 Å². The number of ether oxygens (including phenoxy) is 1. The molecule has 0 fully saturated rings. The predicted octanol–water partition coefficient (Wildman–Crippen LogP) is -1.37. The van der Waals surface area contributed by atoms with Crippen molar-refractivity contribution < 1.29 is 61.4 Å². The highest BCUT2D eigenvalue weighted by Gasteiger charge is 2.43. The zero-order valence-corrected chi connectivity index (χ0v) is 18.2. The van der Waals surface area contributed by atoms with Crippen molar-refractivity contribution in [3.63, 3.8) is 0 Å². The molecular weight excluding hydrogens is 493 g/mol. The van der Waals surface area contributed by atoms with Gasteiger partial charge in [-0.1, -0.05) is 0 Å². The first-order valence-corrected chi connectivity index (χ1v) is 12.3. The van der Waals surface area contributed by atoms with Crippen LogP contribution in [-0.2, 0) is 45.7 Å². The normalized spacial score (nSPS) is 23.3. The molecule has 0 radical (unpaired) electrons. The van der Waals surface area contributed by atoms with Crippen molar-refractivity contribution in [3.05, 3.63) is 44.1 Å². The van der Waals surface area contributed by atoms with Crippen LogP contribution in [0, 0.1) is 0 Å². The molecule has 0 bridgehead atoms. The minimum atomic E-state index is -5.75. The molecule has 0 aliphatic carbocycles.